The Balaban J connectivity index is 2.08. The largest absolute Gasteiger partial charge is 0.497 e. The van der Waals surface area contributed by atoms with Crippen LogP contribution in [0.2, 0.25) is 0 Å². The van der Waals surface area contributed by atoms with Gasteiger partial charge in [0.05, 0.1) is 12.6 Å². The molecule has 0 aliphatic heterocycles. The number of carbonyl (C=O) groups excluding carboxylic acids is 1. The highest BCUT2D eigenvalue weighted by atomic mass is 32.2. The van der Waals surface area contributed by atoms with Crippen LogP contribution in [0.1, 0.15) is 32.6 Å². The van der Waals surface area contributed by atoms with Crippen LogP contribution in [-0.2, 0) is 4.79 Å². The highest BCUT2D eigenvalue weighted by Crippen LogP contribution is 2.39. The molecule has 3 N–H and O–H groups in total. The summed E-state index contributed by atoms with van der Waals surface area (Å²) in [5.74, 6) is 0.643. The van der Waals surface area contributed by atoms with Gasteiger partial charge in [0.1, 0.15) is 5.75 Å². The van der Waals surface area contributed by atoms with E-state index in [1.165, 1.54) is 4.90 Å². The van der Waals surface area contributed by atoms with E-state index in [1.54, 1.807) is 7.11 Å². The Morgan fingerprint density at radius 3 is 3.05 bits per heavy atom. The van der Waals surface area contributed by atoms with E-state index in [0.717, 1.165) is 38.0 Å². The van der Waals surface area contributed by atoms with Crippen LogP contribution in [0.25, 0.3) is 0 Å². The minimum absolute atomic E-state index is 0.222. The summed E-state index contributed by atoms with van der Waals surface area (Å²) in [4.78, 5) is 13.1. The number of hydrogen-bond donors (Lipinski definition) is 2. The van der Waals surface area contributed by atoms with Gasteiger partial charge >= 0.3 is 0 Å². The lowest BCUT2D eigenvalue weighted by Crippen LogP contribution is -2.58. The van der Waals surface area contributed by atoms with Crippen molar-refractivity contribution < 1.29 is 9.53 Å². The van der Waals surface area contributed by atoms with Crippen molar-refractivity contribution in [3.05, 3.63) is 24.3 Å². The van der Waals surface area contributed by atoms with Crippen LogP contribution in [0, 0.1) is 0 Å². The fourth-order valence-corrected chi connectivity index (χ4v) is 4.38. The molecule has 1 aromatic rings. The second-order valence-corrected chi connectivity index (χ2v) is 6.87. The molecule has 1 saturated carbocycles. The molecule has 0 aromatic heterocycles. The van der Waals surface area contributed by atoms with E-state index in [1.807, 2.05) is 36.9 Å². The first-order valence-electron chi connectivity index (χ1n) is 7.45. The van der Waals surface area contributed by atoms with Gasteiger partial charge in [0.2, 0.25) is 5.91 Å². The van der Waals surface area contributed by atoms with Crippen molar-refractivity contribution in [3.8, 4) is 5.75 Å². The Morgan fingerprint density at radius 1 is 1.57 bits per heavy atom. The van der Waals surface area contributed by atoms with Gasteiger partial charge in [-0.15, -0.1) is 11.8 Å². The summed E-state index contributed by atoms with van der Waals surface area (Å²) in [7, 11) is 1.67. The van der Waals surface area contributed by atoms with Crippen LogP contribution in [0.4, 0.5) is 0 Å². The van der Waals surface area contributed by atoms with Crippen LogP contribution >= 0.6 is 11.8 Å². The molecule has 1 aromatic carbocycles. The fourth-order valence-electron chi connectivity index (χ4n) is 3.00. The monoisotopic (exact) mass is 308 g/mol. The number of benzene rings is 1. The Morgan fingerprint density at radius 2 is 2.38 bits per heavy atom. The summed E-state index contributed by atoms with van der Waals surface area (Å²) >= 11 is 1.81. The molecule has 1 aliphatic rings. The second-order valence-electron chi connectivity index (χ2n) is 5.49. The quantitative estimate of drug-likeness (QED) is 0.848. The molecule has 1 fully saturated rings. The van der Waals surface area contributed by atoms with Crippen molar-refractivity contribution in [3.63, 3.8) is 0 Å². The van der Waals surface area contributed by atoms with Gasteiger partial charge in [0.15, 0.2) is 0 Å². The van der Waals surface area contributed by atoms with Crippen molar-refractivity contribution >= 4 is 17.7 Å². The topological polar surface area (TPSA) is 64.3 Å². The van der Waals surface area contributed by atoms with E-state index >= 15 is 0 Å². The lowest BCUT2D eigenvalue weighted by atomic mass is 9.80. The molecule has 5 heteroatoms. The van der Waals surface area contributed by atoms with Crippen LogP contribution in [0.5, 0.6) is 5.75 Å². The summed E-state index contributed by atoms with van der Waals surface area (Å²) in [6.07, 6.45) is 3.77. The van der Waals surface area contributed by atoms with Crippen LogP contribution in [-0.4, -0.2) is 30.4 Å². The Kier molecular flexibility index (Phi) is 5.53. The van der Waals surface area contributed by atoms with Gasteiger partial charge in [-0.05, 0) is 50.4 Å². The fraction of sp³-hybridized carbons (Fsp3) is 0.562. The Labute approximate surface area is 130 Å². The van der Waals surface area contributed by atoms with E-state index < -0.39 is 5.54 Å². The first-order valence-corrected chi connectivity index (χ1v) is 8.33. The summed E-state index contributed by atoms with van der Waals surface area (Å²) in [5.41, 5.74) is 5.12. The molecular weight excluding hydrogens is 284 g/mol. The highest BCUT2D eigenvalue weighted by molar-refractivity contribution is 8.00. The lowest BCUT2D eigenvalue weighted by molar-refractivity contribution is -0.125. The molecule has 2 unspecified atom stereocenters. The number of ether oxygens (including phenoxy) is 1. The predicted octanol–water partition coefficient (Wildman–Crippen LogP) is 2.56. The maximum Gasteiger partial charge on any atom is 0.237 e. The smallest absolute Gasteiger partial charge is 0.237 e. The zero-order valence-corrected chi connectivity index (χ0v) is 13.5. The molecule has 0 saturated heterocycles. The van der Waals surface area contributed by atoms with E-state index in [4.69, 9.17) is 10.5 Å². The minimum atomic E-state index is -0.538. The number of nitrogens with one attached hydrogen (secondary N) is 1. The maximum atomic E-state index is 11.9. The molecule has 0 bridgehead atoms. The molecule has 1 amide bonds. The zero-order chi connectivity index (χ0) is 15.3. The summed E-state index contributed by atoms with van der Waals surface area (Å²) < 4.78 is 5.26. The highest BCUT2D eigenvalue weighted by Gasteiger charge is 2.40. The van der Waals surface area contributed by atoms with E-state index in [9.17, 15) is 4.79 Å². The number of hydrogen-bond acceptors (Lipinski definition) is 4. The predicted molar refractivity (Wildman–Crippen MR) is 86.7 cm³/mol. The molecule has 0 radical (unpaired) electrons. The van der Waals surface area contributed by atoms with Crippen LogP contribution < -0.4 is 15.8 Å². The molecule has 4 nitrogen and oxygen atoms in total. The Bertz CT molecular complexity index is 491. The number of nitrogens with two attached hydrogens (primary N) is 1. The first kappa shape index (κ1) is 16.2. The maximum absolute atomic E-state index is 11.9. The van der Waals surface area contributed by atoms with Crippen molar-refractivity contribution in [1.82, 2.24) is 5.32 Å². The number of amides is 1. The van der Waals surface area contributed by atoms with Crippen LogP contribution in [0.3, 0.4) is 0 Å². The number of likely N-dealkylation sites (N-methyl/N-ethyl adjacent to an activating group) is 1. The normalized spacial score (nSPS) is 25.5. The standard InChI is InChI=1S/C16H24N2O2S/c1-3-18-16(15(17)19)9-5-8-14(11-16)21-13-7-4-6-12(10-13)20-2/h4,6-7,10,14,18H,3,5,8-9,11H2,1-2H3,(H2,17,19). The Hall–Kier alpha value is -1.20. The van der Waals surface area contributed by atoms with Crippen molar-refractivity contribution in [2.24, 2.45) is 5.73 Å². The molecule has 116 valence electrons. The summed E-state index contributed by atoms with van der Waals surface area (Å²) in [6.45, 7) is 2.78. The average Bonchev–Trinajstić information content (AvgIpc) is 2.48. The van der Waals surface area contributed by atoms with Crippen molar-refractivity contribution in [2.75, 3.05) is 13.7 Å². The van der Waals surface area contributed by atoms with Gasteiger partial charge in [-0.2, -0.15) is 0 Å². The first-order chi connectivity index (χ1) is 10.1. The van der Waals surface area contributed by atoms with Gasteiger partial charge in [-0.1, -0.05) is 13.0 Å². The number of rotatable bonds is 6. The van der Waals surface area contributed by atoms with Gasteiger partial charge in [0.25, 0.3) is 0 Å². The molecule has 1 aliphatic carbocycles. The molecule has 0 spiro atoms. The molecular formula is C16H24N2O2S. The molecule has 0 heterocycles. The summed E-state index contributed by atoms with van der Waals surface area (Å²) in [6, 6.07) is 8.06. The third-order valence-corrected chi connectivity index (χ3v) is 5.30. The van der Waals surface area contributed by atoms with E-state index in [2.05, 4.69) is 11.4 Å². The van der Waals surface area contributed by atoms with E-state index in [0.29, 0.717) is 5.25 Å². The SMILES string of the molecule is CCNC1(C(N)=O)CCCC(Sc2cccc(OC)c2)C1. The molecule has 2 rings (SSSR count). The van der Waals surface area contributed by atoms with E-state index in [-0.39, 0.29) is 5.91 Å². The van der Waals surface area contributed by atoms with Gasteiger partial charge in [0, 0.05) is 10.1 Å². The van der Waals surface area contributed by atoms with Gasteiger partial charge in [-0.3, -0.25) is 4.79 Å². The average molecular weight is 308 g/mol. The number of primary amides is 1. The summed E-state index contributed by atoms with van der Waals surface area (Å²) in [5, 5.41) is 3.72. The van der Waals surface area contributed by atoms with Gasteiger partial charge < -0.3 is 15.8 Å². The molecule has 2 atom stereocenters. The number of methoxy groups -OCH3 is 1. The lowest BCUT2D eigenvalue weighted by Gasteiger charge is -2.39. The number of thioether (sulfide) groups is 1. The second kappa shape index (κ2) is 7.18. The number of carbonyl (C=O) groups is 1. The third kappa shape index (κ3) is 3.92. The third-order valence-electron chi connectivity index (χ3n) is 4.04. The van der Waals surface area contributed by atoms with Gasteiger partial charge in [-0.25, -0.2) is 0 Å². The molecule has 21 heavy (non-hydrogen) atoms. The van der Waals surface area contributed by atoms with Crippen LogP contribution in [0.15, 0.2) is 29.2 Å². The zero-order valence-electron chi connectivity index (χ0n) is 12.7. The minimum Gasteiger partial charge on any atom is -0.497 e. The van der Waals surface area contributed by atoms with Crippen molar-refractivity contribution in [1.29, 1.82) is 0 Å². The van der Waals surface area contributed by atoms with Crippen molar-refractivity contribution in [2.45, 2.75) is 48.3 Å².